The van der Waals surface area contributed by atoms with Crippen molar-refractivity contribution in [2.24, 2.45) is 0 Å². The van der Waals surface area contributed by atoms with Gasteiger partial charge >= 0.3 is 5.97 Å². The summed E-state index contributed by atoms with van der Waals surface area (Å²) in [6, 6.07) is 21.7. The molecule has 1 heterocycles. The number of carbonyl (C=O) groups is 2. The minimum atomic E-state index is -0.978. The molecule has 0 unspecified atom stereocenters. The number of carboxylic acids is 1. The van der Waals surface area contributed by atoms with Crippen molar-refractivity contribution in [2.75, 3.05) is 11.4 Å². The lowest BCUT2D eigenvalue weighted by atomic mass is 10.0. The molecule has 0 radical (unpaired) electrons. The highest BCUT2D eigenvalue weighted by Gasteiger charge is 2.26. The normalized spacial score (nSPS) is 13.2. The van der Waals surface area contributed by atoms with Crippen LogP contribution in [-0.2, 0) is 13.0 Å². The maximum atomic E-state index is 13.2. The van der Waals surface area contributed by atoms with Crippen LogP contribution < -0.4 is 10.2 Å². The predicted octanol–water partition coefficient (Wildman–Crippen LogP) is 4.31. The first kappa shape index (κ1) is 21.1. The van der Waals surface area contributed by atoms with Gasteiger partial charge in [-0.25, -0.2) is 4.79 Å². The molecule has 0 bridgehead atoms. The highest BCUT2D eigenvalue weighted by molar-refractivity contribution is 6.01. The first-order chi connectivity index (χ1) is 15.5. The Morgan fingerprint density at radius 1 is 1.12 bits per heavy atom. The zero-order valence-corrected chi connectivity index (χ0v) is 17.7. The van der Waals surface area contributed by atoms with E-state index < -0.39 is 5.97 Å². The number of carboxylic acid groups (broad SMARTS) is 1. The van der Waals surface area contributed by atoms with Crippen LogP contribution in [-0.4, -0.2) is 23.5 Å². The van der Waals surface area contributed by atoms with Crippen LogP contribution in [0.1, 0.15) is 55.9 Å². The van der Waals surface area contributed by atoms with Crippen molar-refractivity contribution in [3.8, 4) is 6.07 Å². The van der Waals surface area contributed by atoms with Gasteiger partial charge in [-0.1, -0.05) is 36.4 Å². The Kier molecular flexibility index (Phi) is 5.91. The molecule has 6 heteroatoms. The molecule has 0 aliphatic carbocycles. The lowest BCUT2D eigenvalue weighted by Crippen LogP contribution is -2.29. The molecule has 0 saturated carbocycles. The van der Waals surface area contributed by atoms with Gasteiger partial charge in [-0.05, 0) is 60.4 Å². The average molecular weight is 425 g/mol. The molecule has 1 amide bonds. The molecule has 0 fully saturated rings. The van der Waals surface area contributed by atoms with Crippen LogP contribution in [0.15, 0.2) is 66.7 Å². The maximum Gasteiger partial charge on any atom is 0.335 e. The molecule has 1 aliphatic heterocycles. The topological polar surface area (TPSA) is 93.4 Å². The van der Waals surface area contributed by atoms with Crippen molar-refractivity contribution < 1.29 is 14.7 Å². The van der Waals surface area contributed by atoms with E-state index in [1.807, 2.05) is 43.3 Å². The number of nitrogens with zero attached hydrogens (tertiary/aromatic N) is 2. The second-order valence-electron chi connectivity index (χ2n) is 7.92. The number of aromatic carboxylic acids is 1. The summed E-state index contributed by atoms with van der Waals surface area (Å²) >= 11 is 0. The van der Waals surface area contributed by atoms with E-state index in [0.717, 1.165) is 35.3 Å². The Morgan fingerprint density at radius 3 is 2.59 bits per heavy atom. The largest absolute Gasteiger partial charge is 0.478 e. The number of anilines is 1. The Morgan fingerprint density at radius 2 is 1.88 bits per heavy atom. The number of fused-ring (bicyclic) bond motifs is 1. The van der Waals surface area contributed by atoms with Crippen LogP contribution in [0.4, 0.5) is 5.69 Å². The first-order valence-electron chi connectivity index (χ1n) is 10.5. The number of carbonyl (C=O) groups excluding carboxylic acids is 1. The van der Waals surface area contributed by atoms with Gasteiger partial charge in [0.05, 0.1) is 34.5 Å². The minimum absolute atomic E-state index is 0.172. The number of nitrogens with one attached hydrogen (secondary N) is 1. The summed E-state index contributed by atoms with van der Waals surface area (Å²) < 4.78 is 0. The van der Waals surface area contributed by atoms with Crippen molar-refractivity contribution in [1.82, 2.24) is 5.32 Å². The van der Waals surface area contributed by atoms with E-state index in [1.54, 1.807) is 18.2 Å². The number of amides is 1. The molecular formula is C26H23N3O3. The van der Waals surface area contributed by atoms with E-state index in [0.29, 0.717) is 17.7 Å². The number of hydrogen-bond acceptors (Lipinski definition) is 4. The second-order valence-corrected chi connectivity index (χ2v) is 7.92. The summed E-state index contributed by atoms with van der Waals surface area (Å²) in [7, 11) is 0. The van der Waals surface area contributed by atoms with Crippen molar-refractivity contribution in [1.29, 1.82) is 5.26 Å². The first-order valence-corrected chi connectivity index (χ1v) is 10.5. The number of benzene rings is 3. The molecule has 2 N–H and O–H groups in total. The Bertz CT molecular complexity index is 1210. The lowest BCUT2D eigenvalue weighted by molar-refractivity contribution is 0.0696. The van der Waals surface area contributed by atoms with E-state index in [1.165, 1.54) is 12.1 Å². The Hall–Kier alpha value is -4.11. The molecule has 3 aromatic rings. The van der Waals surface area contributed by atoms with Gasteiger partial charge in [0.2, 0.25) is 0 Å². The van der Waals surface area contributed by atoms with Crippen molar-refractivity contribution in [3.05, 3.63) is 100 Å². The number of para-hydroxylation sites is 1. The zero-order chi connectivity index (χ0) is 22.7. The zero-order valence-electron chi connectivity index (χ0n) is 17.7. The molecular weight excluding hydrogens is 402 g/mol. The molecule has 3 aromatic carbocycles. The van der Waals surface area contributed by atoms with E-state index in [2.05, 4.69) is 16.3 Å². The third-order valence-corrected chi connectivity index (χ3v) is 5.77. The standard InChI is InChI=1S/C26H23N3O3/c1-17(20-8-10-22(11-9-20)26(31)32)28-25(30)23-7-3-6-21-12-13-29(24(21)23)16-19-5-2-4-18(14-19)15-27/h2-11,14,17H,12-13,16H2,1H3,(H,28,30)(H,31,32)/t17-/m0/s1. The molecule has 0 saturated heterocycles. The number of nitriles is 1. The Labute approximate surface area is 186 Å². The van der Waals surface area contributed by atoms with Gasteiger partial charge in [-0.15, -0.1) is 0 Å². The summed E-state index contributed by atoms with van der Waals surface area (Å²) in [4.78, 5) is 26.4. The fraction of sp³-hybridized carbons (Fsp3) is 0.192. The molecule has 0 aromatic heterocycles. The minimum Gasteiger partial charge on any atom is -0.478 e. The molecule has 1 aliphatic rings. The van der Waals surface area contributed by atoms with E-state index in [9.17, 15) is 14.9 Å². The molecule has 0 spiro atoms. The van der Waals surface area contributed by atoms with E-state index in [-0.39, 0.29) is 17.5 Å². The Balaban J connectivity index is 1.54. The summed E-state index contributed by atoms with van der Waals surface area (Å²) in [6.45, 7) is 3.31. The maximum absolute atomic E-state index is 13.2. The van der Waals surface area contributed by atoms with Crippen molar-refractivity contribution in [3.63, 3.8) is 0 Å². The van der Waals surface area contributed by atoms with Gasteiger partial charge in [0.1, 0.15) is 0 Å². The van der Waals surface area contributed by atoms with Gasteiger partial charge in [-0.2, -0.15) is 5.26 Å². The van der Waals surface area contributed by atoms with Crippen LogP contribution in [0.25, 0.3) is 0 Å². The lowest BCUT2D eigenvalue weighted by Gasteiger charge is -2.23. The van der Waals surface area contributed by atoms with Crippen LogP contribution in [0.3, 0.4) is 0 Å². The summed E-state index contributed by atoms with van der Waals surface area (Å²) in [5.74, 6) is -1.15. The number of hydrogen-bond donors (Lipinski definition) is 2. The molecule has 160 valence electrons. The highest BCUT2D eigenvalue weighted by Crippen LogP contribution is 2.33. The summed E-state index contributed by atoms with van der Waals surface area (Å²) in [5, 5.41) is 21.3. The molecule has 1 atom stereocenters. The smallest absolute Gasteiger partial charge is 0.335 e. The van der Waals surface area contributed by atoms with Gasteiger partial charge in [0.15, 0.2) is 0 Å². The average Bonchev–Trinajstić information content (AvgIpc) is 3.22. The second kappa shape index (κ2) is 8.94. The van der Waals surface area contributed by atoms with Crippen LogP contribution >= 0.6 is 0 Å². The third-order valence-electron chi connectivity index (χ3n) is 5.77. The van der Waals surface area contributed by atoms with Crippen molar-refractivity contribution >= 4 is 17.6 Å². The van der Waals surface area contributed by atoms with Crippen molar-refractivity contribution in [2.45, 2.75) is 25.9 Å². The molecule has 6 nitrogen and oxygen atoms in total. The highest BCUT2D eigenvalue weighted by atomic mass is 16.4. The van der Waals surface area contributed by atoms with E-state index >= 15 is 0 Å². The van der Waals surface area contributed by atoms with Gasteiger partial charge in [0.25, 0.3) is 5.91 Å². The van der Waals surface area contributed by atoms with Gasteiger partial charge in [-0.3, -0.25) is 4.79 Å². The third kappa shape index (κ3) is 4.33. The summed E-state index contributed by atoms with van der Waals surface area (Å²) in [5.41, 5.74) is 5.37. The van der Waals surface area contributed by atoms with Gasteiger partial charge < -0.3 is 15.3 Å². The fourth-order valence-corrected chi connectivity index (χ4v) is 4.11. The fourth-order valence-electron chi connectivity index (χ4n) is 4.11. The van der Waals surface area contributed by atoms with Crippen LogP contribution in [0, 0.1) is 11.3 Å². The quantitative estimate of drug-likeness (QED) is 0.614. The summed E-state index contributed by atoms with van der Waals surface area (Å²) in [6.07, 6.45) is 0.862. The monoisotopic (exact) mass is 425 g/mol. The van der Waals surface area contributed by atoms with Crippen LogP contribution in [0.5, 0.6) is 0 Å². The molecule has 4 rings (SSSR count). The number of rotatable bonds is 6. The van der Waals surface area contributed by atoms with E-state index in [4.69, 9.17) is 5.11 Å². The van der Waals surface area contributed by atoms with Gasteiger partial charge in [0, 0.05) is 13.1 Å². The molecule has 32 heavy (non-hydrogen) atoms. The predicted molar refractivity (Wildman–Crippen MR) is 122 cm³/mol. The van der Waals surface area contributed by atoms with Crippen LogP contribution in [0.2, 0.25) is 0 Å². The SMILES string of the molecule is C[C@H](NC(=O)c1cccc2c1N(Cc1cccc(C#N)c1)CC2)c1ccc(C(=O)O)cc1.